The maximum absolute atomic E-state index is 12.7. The lowest BCUT2D eigenvalue weighted by molar-refractivity contribution is -0.305. The van der Waals surface area contributed by atoms with E-state index < -0.39 is 49.4 Å². The molecule has 0 bridgehead atoms. The zero-order chi connectivity index (χ0) is 40.2. The van der Waals surface area contributed by atoms with E-state index in [1.165, 1.54) is 135 Å². The molecular formula is C45H84O10. The molecule has 0 saturated carbocycles. The molecule has 0 spiro atoms. The minimum atomic E-state index is -1.59. The molecular weight excluding hydrogens is 700 g/mol. The lowest BCUT2D eigenvalue weighted by atomic mass is 9.99. The first-order valence-corrected chi connectivity index (χ1v) is 22.8. The van der Waals surface area contributed by atoms with Crippen LogP contribution in [0.25, 0.3) is 0 Å². The van der Waals surface area contributed by atoms with Crippen LogP contribution in [-0.2, 0) is 28.5 Å². The molecule has 6 atom stereocenters. The predicted octanol–water partition coefficient (Wildman–Crippen LogP) is 9.56. The summed E-state index contributed by atoms with van der Waals surface area (Å²) in [5, 5.41) is 40.0. The Labute approximate surface area is 335 Å². The van der Waals surface area contributed by atoms with Gasteiger partial charge in [0, 0.05) is 12.8 Å². The van der Waals surface area contributed by atoms with Crippen LogP contribution in [0.3, 0.4) is 0 Å². The molecule has 1 saturated heterocycles. The number of aliphatic hydroxyl groups is 4. The van der Waals surface area contributed by atoms with E-state index in [0.29, 0.717) is 6.42 Å². The van der Waals surface area contributed by atoms with E-state index in [-0.39, 0.29) is 32.0 Å². The summed E-state index contributed by atoms with van der Waals surface area (Å²) < 4.78 is 22.1. The fraction of sp³-hybridized carbons (Fsp3) is 0.911. The van der Waals surface area contributed by atoms with Crippen molar-refractivity contribution < 1.29 is 49.0 Å². The van der Waals surface area contributed by atoms with Gasteiger partial charge in [0.15, 0.2) is 12.4 Å². The zero-order valence-electron chi connectivity index (χ0n) is 35.2. The molecule has 2 unspecified atom stereocenters. The summed E-state index contributed by atoms with van der Waals surface area (Å²) in [7, 11) is 0. The third-order valence-corrected chi connectivity index (χ3v) is 10.7. The van der Waals surface area contributed by atoms with Gasteiger partial charge in [-0.15, -0.1) is 0 Å². The van der Waals surface area contributed by atoms with Crippen LogP contribution in [0.1, 0.15) is 206 Å². The Morgan fingerprint density at radius 2 is 0.964 bits per heavy atom. The van der Waals surface area contributed by atoms with Crippen molar-refractivity contribution in [3.8, 4) is 0 Å². The van der Waals surface area contributed by atoms with Gasteiger partial charge >= 0.3 is 11.9 Å². The number of hydrogen-bond donors (Lipinski definition) is 4. The van der Waals surface area contributed by atoms with Gasteiger partial charge in [-0.25, -0.2) is 0 Å². The van der Waals surface area contributed by atoms with Gasteiger partial charge in [-0.2, -0.15) is 0 Å². The summed E-state index contributed by atoms with van der Waals surface area (Å²) in [5.41, 5.74) is 0. The lowest BCUT2D eigenvalue weighted by Crippen LogP contribution is -2.59. The Morgan fingerprint density at radius 1 is 0.545 bits per heavy atom. The predicted molar refractivity (Wildman–Crippen MR) is 220 cm³/mol. The van der Waals surface area contributed by atoms with E-state index in [1.807, 2.05) is 0 Å². The Morgan fingerprint density at radius 3 is 1.42 bits per heavy atom. The number of carbonyl (C=O) groups is 2. The van der Waals surface area contributed by atoms with Crippen molar-refractivity contribution in [1.82, 2.24) is 0 Å². The highest BCUT2D eigenvalue weighted by atomic mass is 16.7. The molecule has 324 valence electrons. The van der Waals surface area contributed by atoms with Gasteiger partial charge in [0.25, 0.3) is 0 Å². The van der Waals surface area contributed by atoms with Gasteiger partial charge in [0.1, 0.15) is 31.0 Å². The fourth-order valence-electron chi connectivity index (χ4n) is 7.01. The van der Waals surface area contributed by atoms with Crippen LogP contribution in [0.2, 0.25) is 0 Å². The maximum atomic E-state index is 12.7. The molecule has 0 amide bonds. The monoisotopic (exact) mass is 785 g/mol. The molecule has 0 aromatic rings. The molecule has 10 nitrogen and oxygen atoms in total. The Kier molecular flexibility index (Phi) is 34.4. The van der Waals surface area contributed by atoms with Crippen LogP contribution in [0.4, 0.5) is 0 Å². The highest BCUT2D eigenvalue weighted by Gasteiger charge is 2.44. The van der Waals surface area contributed by atoms with E-state index in [9.17, 15) is 30.0 Å². The van der Waals surface area contributed by atoms with Crippen LogP contribution in [0, 0.1) is 0 Å². The summed E-state index contributed by atoms with van der Waals surface area (Å²) in [4.78, 5) is 25.2. The average Bonchev–Trinajstić information content (AvgIpc) is 3.18. The van der Waals surface area contributed by atoms with Crippen molar-refractivity contribution in [2.75, 3.05) is 19.8 Å². The third-order valence-electron chi connectivity index (χ3n) is 10.7. The van der Waals surface area contributed by atoms with Crippen LogP contribution in [0.5, 0.6) is 0 Å². The molecule has 4 N–H and O–H groups in total. The number of allylic oxidation sites excluding steroid dienone is 2. The van der Waals surface area contributed by atoms with Gasteiger partial charge < -0.3 is 39.4 Å². The second kappa shape index (κ2) is 36.8. The van der Waals surface area contributed by atoms with Crippen molar-refractivity contribution in [3.63, 3.8) is 0 Å². The minimum Gasteiger partial charge on any atom is -0.462 e. The van der Waals surface area contributed by atoms with E-state index in [0.717, 1.165) is 38.5 Å². The molecule has 0 aromatic heterocycles. The van der Waals surface area contributed by atoms with Crippen molar-refractivity contribution >= 4 is 11.9 Å². The van der Waals surface area contributed by atoms with E-state index in [2.05, 4.69) is 26.0 Å². The number of ether oxygens (including phenoxy) is 4. The number of rotatable bonds is 38. The number of hydrogen-bond acceptors (Lipinski definition) is 10. The topological polar surface area (TPSA) is 152 Å². The molecule has 1 aliphatic heterocycles. The third kappa shape index (κ3) is 28.5. The summed E-state index contributed by atoms with van der Waals surface area (Å²) >= 11 is 0. The summed E-state index contributed by atoms with van der Waals surface area (Å²) in [6, 6.07) is 0. The zero-order valence-corrected chi connectivity index (χ0v) is 35.2. The number of unbranched alkanes of at least 4 members (excludes halogenated alkanes) is 25. The SMILES string of the molecule is CCCCCCCC/C=C/CCCCCCCCCCCCCC(=O)OC[C@@H](CO[C@H]1O[C@@H](CO)[C@@H](O)C(O)C1O)OC(=O)CCCCCCCCCCC. The van der Waals surface area contributed by atoms with Crippen LogP contribution >= 0.6 is 0 Å². The van der Waals surface area contributed by atoms with Gasteiger partial charge in [-0.3, -0.25) is 9.59 Å². The van der Waals surface area contributed by atoms with Crippen LogP contribution in [0.15, 0.2) is 12.2 Å². The minimum absolute atomic E-state index is 0.213. The molecule has 1 fully saturated rings. The van der Waals surface area contributed by atoms with Crippen molar-refractivity contribution in [1.29, 1.82) is 0 Å². The molecule has 1 aliphatic rings. The summed E-state index contributed by atoms with van der Waals surface area (Å²) in [6.45, 7) is 3.41. The van der Waals surface area contributed by atoms with E-state index >= 15 is 0 Å². The summed E-state index contributed by atoms with van der Waals surface area (Å²) in [5.74, 6) is -0.802. The van der Waals surface area contributed by atoms with E-state index in [4.69, 9.17) is 18.9 Å². The molecule has 0 aliphatic carbocycles. The number of aliphatic hydroxyl groups excluding tert-OH is 4. The second-order valence-corrected chi connectivity index (χ2v) is 15.9. The van der Waals surface area contributed by atoms with Gasteiger partial charge in [0.2, 0.25) is 0 Å². The molecule has 1 heterocycles. The van der Waals surface area contributed by atoms with Crippen molar-refractivity contribution in [2.24, 2.45) is 0 Å². The fourth-order valence-corrected chi connectivity index (χ4v) is 7.01. The van der Waals surface area contributed by atoms with Gasteiger partial charge in [-0.1, -0.05) is 167 Å². The van der Waals surface area contributed by atoms with E-state index in [1.54, 1.807) is 0 Å². The molecule has 0 radical (unpaired) electrons. The quantitative estimate of drug-likeness (QED) is 0.0271. The first-order valence-electron chi connectivity index (χ1n) is 22.8. The van der Waals surface area contributed by atoms with Crippen LogP contribution < -0.4 is 0 Å². The summed E-state index contributed by atoms with van der Waals surface area (Å²) in [6.07, 6.45) is 30.9. The molecule has 10 heteroatoms. The highest BCUT2D eigenvalue weighted by molar-refractivity contribution is 5.70. The Hall–Kier alpha value is -1.56. The van der Waals surface area contributed by atoms with Crippen molar-refractivity contribution in [2.45, 2.75) is 243 Å². The molecule has 0 aromatic carbocycles. The Balaban J connectivity index is 2.23. The van der Waals surface area contributed by atoms with Gasteiger partial charge in [0.05, 0.1) is 13.2 Å². The largest absolute Gasteiger partial charge is 0.462 e. The highest BCUT2D eigenvalue weighted by Crippen LogP contribution is 2.23. The lowest BCUT2D eigenvalue weighted by Gasteiger charge is -2.39. The standard InChI is InChI=1S/C45H84O10/c1-3-5-7-9-11-13-14-15-16-17-18-19-20-21-22-23-24-26-27-29-31-33-40(47)52-36-38(37-53-45-44(51)43(50)42(49)39(35-46)55-45)54-41(48)34-32-30-28-25-12-10-8-6-4-2/h15-16,38-39,42-46,49-51H,3-14,17-37H2,1-2H3/b16-15+/t38-,39-,42+,43?,44?,45-/m0/s1. The normalized spacial score (nSPS) is 20.6. The number of carbonyl (C=O) groups excluding carboxylic acids is 2. The molecule has 55 heavy (non-hydrogen) atoms. The average molecular weight is 785 g/mol. The smallest absolute Gasteiger partial charge is 0.306 e. The van der Waals surface area contributed by atoms with Crippen LogP contribution in [-0.4, -0.2) is 89.0 Å². The second-order valence-electron chi connectivity index (χ2n) is 15.9. The maximum Gasteiger partial charge on any atom is 0.306 e. The first-order chi connectivity index (χ1) is 26.8. The molecule has 1 rings (SSSR count). The number of esters is 2. The van der Waals surface area contributed by atoms with Gasteiger partial charge in [-0.05, 0) is 38.5 Å². The van der Waals surface area contributed by atoms with Crippen molar-refractivity contribution in [3.05, 3.63) is 12.2 Å². The first kappa shape index (κ1) is 51.5. The Bertz CT molecular complexity index is 912.